The standard InChI is InChI=1S/C14H17N3O3/c1-2-11(9-18)16-8-10(7-15)14(20)17-12-4-3-5-13(19)6-12/h3-6,8,11,16,18-19H,2,9H2,1H3,(H,17,20)/b10-8-. The number of phenols is 1. The van der Waals surface area contributed by atoms with E-state index in [0.29, 0.717) is 12.1 Å². The summed E-state index contributed by atoms with van der Waals surface area (Å²) in [5.41, 5.74) is 0.283. The Morgan fingerprint density at radius 1 is 1.55 bits per heavy atom. The van der Waals surface area contributed by atoms with Crippen LogP contribution in [0.25, 0.3) is 0 Å². The summed E-state index contributed by atoms with van der Waals surface area (Å²) in [6.45, 7) is 1.79. The van der Waals surface area contributed by atoms with Crippen LogP contribution < -0.4 is 10.6 Å². The molecular formula is C14H17N3O3. The van der Waals surface area contributed by atoms with Gasteiger partial charge in [-0.15, -0.1) is 0 Å². The zero-order chi connectivity index (χ0) is 15.0. The third kappa shape index (κ3) is 4.63. The monoisotopic (exact) mass is 275 g/mol. The summed E-state index contributed by atoms with van der Waals surface area (Å²) in [4.78, 5) is 11.9. The first-order valence-electron chi connectivity index (χ1n) is 6.18. The second kappa shape index (κ2) is 7.81. The first-order valence-corrected chi connectivity index (χ1v) is 6.18. The normalized spacial score (nSPS) is 12.3. The first kappa shape index (κ1) is 15.5. The molecule has 0 aromatic heterocycles. The molecule has 4 N–H and O–H groups in total. The highest BCUT2D eigenvalue weighted by Gasteiger charge is 2.10. The van der Waals surface area contributed by atoms with Gasteiger partial charge < -0.3 is 20.8 Å². The Morgan fingerprint density at radius 2 is 2.30 bits per heavy atom. The topological polar surface area (TPSA) is 105 Å². The molecule has 0 bridgehead atoms. The van der Waals surface area contributed by atoms with E-state index in [9.17, 15) is 9.90 Å². The molecule has 1 aromatic rings. The maximum absolute atomic E-state index is 11.9. The zero-order valence-corrected chi connectivity index (χ0v) is 11.1. The Kier molecular flexibility index (Phi) is 6.07. The molecule has 1 rings (SSSR count). The van der Waals surface area contributed by atoms with E-state index in [0.717, 1.165) is 0 Å². The molecule has 0 radical (unpaired) electrons. The van der Waals surface area contributed by atoms with E-state index in [-0.39, 0.29) is 24.0 Å². The van der Waals surface area contributed by atoms with Crippen molar-refractivity contribution in [2.24, 2.45) is 0 Å². The second-order valence-corrected chi connectivity index (χ2v) is 4.13. The van der Waals surface area contributed by atoms with Crippen LogP contribution in [0.4, 0.5) is 5.69 Å². The van der Waals surface area contributed by atoms with Gasteiger partial charge in [0.25, 0.3) is 5.91 Å². The Morgan fingerprint density at radius 3 is 2.85 bits per heavy atom. The number of nitrogens with zero attached hydrogens (tertiary/aromatic N) is 1. The number of nitrogens with one attached hydrogen (secondary N) is 2. The summed E-state index contributed by atoms with van der Waals surface area (Å²) in [5, 5.41) is 32.6. The molecule has 6 nitrogen and oxygen atoms in total. The van der Waals surface area contributed by atoms with Crippen molar-refractivity contribution in [3.8, 4) is 11.8 Å². The van der Waals surface area contributed by atoms with Crippen LogP contribution in [0.3, 0.4) is 0 Å². The summed E-state index contributed by atoms with van der Waals surface area (Å²) < 4.78 is 0. The number of benzene rings is 1. The van der Waals surface area contributed by atoms with Crippen LogP contribution in [0.15, 0.2) is 36.0 Å². The second-order valence-electron chi connectivity index (χ2n) is 4.13. The van der Waals surface area contributed by atoms with Crippen molar-refractivity contribution in [2.75, 3.05) is 11.9 Å². The molecule has 0 aliphatic rings. The summed E-state index contributed by atoms with van der Waals surface area (Å²) >= 11 is 0. The van der Waals surface area contributed by atoms with Crippen molar-refractivity contribution in [3.63, 3.8) is 0 Å². The number of rotatable bonds is 6. The minimum Gasteiger partial charge on any atom is -0.508 e. The van der Waals surface area contributed by atoms with Crippen molar-refractivity contribution in [2.45, 2.75) is 19.4 Å². The highest BCUT2D eigenvalue weighted by atomic mass is 16.3. The van der Waals surface area contributed by atoms with Crippen molar-refractivity contribution >= 4 is 11.6 Å². The maximum atomic E-state index is 11.9. The van der Waals surface area contributed by atoms with Gasteiger partial charge in [-0.1, -0.05) is 13.0 Å². The molecule has 1 aromatic carbocycles. The van der Waals surface area contributed by atoms with Crippen LogP contribution in [-0.2, 0) is 4.79 Å². The smallest absolute Gasteiger partial charge is 0.267 e. The maximum Gasteiger partial charge on any atom is 0.267 e. The fourth-order valence-electron chi connectivity index (χ4n) is 1.43. The van der Waals surface area contributed by atoms with Crippen LogP contribution in [0, 0.1) is 11.3 Å². The lowest BCUT2D eigenvalue weighted by molar-refractivity contribution is -0.112. The third-order valence-corrected chi connectivity index (χ3v) is 2.65. The number of aromatic hydroxyl groups is 1. The van der Waals surface area contributed by atoms with E-state index in [4.69, 9.17) is 10.4 Å². The molecular weight excluding hydrogens is 258 g/mol. The SMILES string of the molecule is CCC(CO)N/C=C(/C#N)C(=O)Nc1cccc(O)c1. The molecule has 106 valence electrons. The number of amides is 1. The highest BCUT2D eigenvalue weighted by Crippen LogP contribution is 2.15. The van der Waals surface area contributed by atoms with Gasteiger partial charge in [0.15, 0.2) is 0 Å². The van der Waals surface area contributed by atoms with Gasteiger partial charge >= 0.3 is 0 Å². The van der Waals surface area contributed by atoms with Gasteiger partial charge in [0.05, 0.1) is 6.61 Å². The first-order chi connectivity index (χ1) is 9.60. The molecule has 0 aliphatic carbocycles. The van der Waals surface area contributed by atoms with Gasteiger partial charge in [0.2, 0.25) is 0 Å². The van der Waals surface area contributed by atoms with Gasteiger partial charge in [-0.3, -0.25) is 4.79 Å². The van der Waals surface area contributed by atoms with Crippen LogP contribution in [0.2, 0.25) is 0 Å². The molecule has 0 fully saturated rings. The van der Waals surface area contributed by atoms with Crippen molar-refractivity contribution in [1.82, 2.24) is 5.32 Å². The molecule has 0 aliphatic heterocycles. The number of carbonyl (C=O) groups is 1. The van der Waals surface area contributed by atoms with Gasteiger partial charge in [0.1, 0.15) is 17.4 Å². The van der Waals surface area contributed by atoms with Gasteiger partial charge in [0, 0.05) is 24.0 Å². The van der Waals surface area contributed by atoms with E-state index in [1.165, 1.54) is 18.3 Å². The summed E-state index contributed by atoms with van der Waals surface area (Å²) in [7, 11) is 0. The fourth-order valence-corrected chi connectivity index (χ4v) is 1.43. The number of phenolic OH excluding ortho intramolecular Hbond substituents is 1. The lowest BCUT2D eigenvalue weighted by atomic mass is 10.2. The number of hydrogen-bond donors (Lipinski definition) is 4. The average molecular weight is 275 g/mol. The predicted octanol–water partition coefficient (Wildman–Crippen LogP) is 1.10. The van der Waals surface area contributed by atoms with Crippen molar-refractivity contribution in [3.05, 3.63) is 36.0 Å². The largest absolute Gasteiger partial charge is 0.508 e. The molecule has 0 saturated carbocycles. The molecule has 20 heavy (non-hydrogen) atoms. The van der Waals surface area contributed by atoms with Gasteiger partial charge in [-0.2, -0.15) is 5.26 Å². The Hall–Kier alpha value is -2.52. The van der Waals surface area contributed by atoms with Gasteiger partial charge in [-0.05, 0) is 18.6 Å². The zero-order valence-electron chi connectivity index (χ0n) is 11.1. The molecule has 0 spiro atoms. The number of hydrogen-bond acceptors (Lipinski definition) is 5. The van der Waals surface area contributed by atoms with Crippen molar-refractivity contribution in [1.29, 1.82) is 5.26 Å². The Labute approximate surface area is 117 Å². The van der Waals surface area contributed by atoms with E-state index in [1.807, 2.05) is 6.92 Å². The molecule has 1 unspecified atom stereocenters. The Balaban J connectivity index is 2.73. The van der Waals surface area contributed by atoms with Crippen LogP contribution >= 0.6 is 0 Å². The van der Waals surface area contributed by atoms with Crippen LogP contribution in [-0.4, -0.2) is 28.8 Å². The van der Waals surface area contributed by atoms with E-state index >= 15 is 0 Å². The summed E-state index contributed by atoms with van der Waals surface area (Å²) in [5.74, 6) is -0.562. The number of nitriles is 1. The number of anilines is 1. The van der Waals surface area contributed by atoms with E-state index in [2.05, 4.69) is 10.6 Å². The quantitative estimate of drug-likeness (QED) is 0.459. The van der Waals surface area contributed by atoms with E-state index < -0.39 is 5.91 Å². The molecule has 6 heteroatoms. The summed E-state index contributed by atoms with van der Waals surface area (Å²) in [6, 6.07) is 7.62. The minimum atomic E-state index is -0.585. The van der Waals surface area contributed by atoms with Gasteiger partial charge in [-0.25, -0.2) is 0 Å². The fraction of sp³-hybridized carbons (Fsp3) is 0.286. The number of aliphatic hydroxyl groups is 1. The number of aliphatic hydroxyl groups excluding tert-OH is 1. The number of carbonyl (C=O) groups excluding carboxylic acids is 1. The van der Waals surface area contributed by atoms with Crippen LogP contribution in [0.5, 0.6) is 5.75 Å². The summed E-state index contributed by atoms with van der Waals surface area (Å²) in [6.07, 6.45) is 1.95. The Bertz CT molecular complexity index is 531. The van der Waals surface area contributed by atoms with E-state index in [1.54, 1.807) is 18.2 Å². The van der Waals surface area contributed by atoms with Crippen molar-refractivity contribution < 1.29 is 15.0 Å². The molecule has 1 amide bonds. The molecule has 0 saturated heterocycles. The highest BCUT2D eigenvalue weighted by molar-refractivity contribution is 6.06. The predicted molar refractivity (Wildman–Crippen MR) is 74.7 cm³/mol. The molecule has 0 heterocycles. The molecule has 1 atom stereocenters. The lowest BCUT2D eigenvalue weighted by Crippen LogP contribution is -2.28. The third-order valence-electron chi connectivity index (χ3n) is 2.65. The average Bonchev–Trinajstić information content (AvgIpc) is 2.43. The lowest BCUT2D eigenvalue weighted by Gasteiger charge is -2.12. The van der Waals surface area contributed by atoms with Crippen LogP contribution in [0.1, 0.15) is 13.3 Å². The minimum absolute atomic E-state index is 0.0229.